The van der Waals surface area contributed by atoms with Crippen molar-refractivity contribution >= 4 is 17.7 Å². The van der Waals surface area contributed by atoms with E-state index in [1.807, 2.05) is 62.9 Å². The first kappa shape index (κ1) is 24.2. The fraction of sp³-hybridized carbons (Fsp3) is 0.640. The Hall–Kier alpha value is -2.41. The van der Waals surface area contributed by atoms with Crippen LogP contribution < -0.4 is 5.32 Å². The van der Waals surface area contributed by atoms with E-state index < -0.39 is 6.04 Å². The topological polar surface area (TPSA) is 79.0 Å². The van der Waals surface area contributed by atoms with E-state index in [1.54, 1.807) is 4.90 Å². The second-order valence-corrected chi connectivity index (χ2v) is 9.61. The lowest BCUT2D eigenvalue weighted by Gasteiger charge is -2.39. The zero-order valence-corrected chi connectivity index (χ0v) is 19.8. The number of rotatable bonds is 6. The van der Waals surface area contributed by atoms with E-state index in [9.17, 15) is 14.4 Å². The van der Waals surface area contributed by atoms with Crippen molar-refractivity contribution in [3.63, 3.8) is 0 Å². The van der Waals surface area contributed by atoms with Crippen LogP contribution in [0, 0.1) is 11.8 Å². The maximum Gasteiger partial charge on any atom is 0.249 e. The van der Waals surface area contributed by atoms with Gasteiger partial charge in [-0.15, -0.1) is 0 Å². The number of ether oxygens (including phenoxy) is 1. The molecule has 0 radical (unpaired) electrons. The SMILES string of the molecule is CC(C)CC(=O)NC(C(=O)N1CCC(C(=O)N2CC(C)OC(C)C2)CC1)c1ccccc1. The Morgan fingerprint density at radius 2 is 1.59 bits per heavy atom. The number of benzene rings is 1. The third-order valence-electron chi connectivity index (χ3n) is 6.17. The molecule has 1 N–H and O–H groups in total. The fourth-order valence-electron chi connectivity index (χ4n) is 4.67. The number of piperidine rings is 1. The van der Waals surface area contributed by atoms with Crippen LogP contribution in [0.15, 0.2) is 30.3 Å². The van der Waals surface area contributed by atoms with E-state index in [4.69, 9.17) is 4.74 Å². The van der Waals surface area contributed by atoms with Gasteiger partial charge >= 0.3 is 0 Å². The molecule has 0 saturated carbocycles. The van der Waals surface area contributed by atoms with Gasteiger partial charge in [0.1, 0.15) is 6.04 Å². The Kier molecular flexibility index (Phi) is 8.29. The summed E-state index contributed by atoms with van der Waals surface area (Å²) in [7, 11) is 0. The van der Waals surface area contributed by atoms with Gasteiger partial charge in [0.15, 0.2) is 0 Å². The van der Waals surface area contributed by atoms with Gasteiger partial charge in [-0.2, -0.15) is 0 Å². The molecule has 3 atom stereocenters. The number of carbonyl (C=O) groups excluding carboxylic acids is 3. The van der Waals surface area contributed by atoms with E-state index in [2.05, 4.69) is 5.32 Å². The van der Waals surface area contributed by atoms with Crippen molar-refractivity contribution in [3.8, 4) is 0 Å². The molecule has 0 spiro atoms. The minimum absolute atomic E-state index is 0.0467. The molecule has 7 heteroatoms. The van der Waals surface area contributed by atoms with Gasteiger partial charge in [0.2, 0.25) is 17.7 Å². The molecule has 2 aliphatic heterocycles. The highest BCUT2D eigenvalue weighted by Crippen LogP contribution is 2.25. The lowest BCUT2D eigenvalue weighted by molar-refractivity contribution is -0.150. The molecule has 1 aromatic rings. The fourth-order valence-corrected chi connectivity index (χ4v) is 4.67. The summed E-state index contributed by atoms with van der Waals surface area (Å²) in [4.78, 5) is 42.6. The predicted octanol–water partition coefficient (Wildman–Crippen LogP) is 2.76. The van der Waals surface area contributed by atoms with Gasteiger partial charge < -0.3 is 19.9 Å². The largest absolute Gasteiger partial charge is 0.372 e. The van der Waals surface area contributed by atoms with Crippen LogP contribution in [0.25, 0.3) is 0 Å². The number of morpholine rings is 1. The monoisotopic (exact) mass is 443 g/mol. The van der Waals surface area contributed by atoms with Gasteiger partial charge in [-0.25, -0.2) is 0 Å². The highest BCUT2D eigenvalue weighted by molar-refractivity contribution is 5.89. The normalized spacial score (nSPS) is 23.2. The summed E-state index contributed by atoms with van der Waals surface area (Å²) >= 11 is 0. The molecule has 176 valence electrons. The quantitative estimate of drug-likeness (QED) is 0.733. The average molecular weight is 444 g/mol. The third-order valence-corrected chi connectivity index (χ3v) is 6.17. The van der Waals surface area contributed by atoms with Gasteiger partial charge in [-0.05, 0) is 38.2 Å². The maximum atomic E-state index is 13.4. The Morgan fingerprint density at radius 3 is 2.16 bits per heavy atom. The van der Waals surface area contributed by atoms with Crippen LogP contribution in [-0.4, -0.2) is 65.9 Å². The minimum Gasteiger partial charge on any atom is -0.372 e. The Balaban J connectivity index is 1.62. The minimum atomic E-state index is -0.698. The third kappa shape index (κ3) is 6.31. The first-order valence-electron chi connectivity index (χ1n) is 11.8. The summed E-state index contributed by atoms with van der Waals surface area (Å²) in [6, 6.07) is 8.69. The number of amides is 3. The van der Waals surface area contributed by atoms with Crippen LogP contribution in [0.3, 0.4) is 0 Å². The molecular weight excluding hydrogens is 406 g/mol. The van der Waals surface area contributed by atoms with E-state index in [1.165, 1.54) is 0 Å². The van der Waals surface area contributed by atoms with Crippen molar-refractivity contribution in [3.05, 3.63) is 35.9 Å². The van der Waals surface area contributed by atoms with E-state index in [0.717, 1.165) is 5.56 Å². The molecule has 32 heavy (non-hydrogen) atoms. The summed E-state index contributed by atoms with van der Waals surface area (Å²) in [5.74, 6) is 0.0933. The van der Waals surface area contributed by atoms with Gasteiger partial charge in [0.25, 0.3) is 0 Å². The zero-order valence-electron chi connectivity index (χ0n) is 19.8. The van der Waals surface area contributed by atoms with Crippen molar-refractivity contribution in [2.75, 3.05) is 26.2 Å². The molecule has 7 nitrogen and oxygen atoms in total. The Labute approximate surface area is 191 Å². The summed E-state index contributed by atoms with van der Waals surface area (Å²) in [6.07, 6.45) is 1.76. The Bertz CT molecular complexity index is 780. The number of carbonyl (C=O) groups is 3. The summed E-state index contributed by atoms with van der Waals surface area (Å²) < 4.78 is 5.75. The van der Waals surface area contributed by atoms with E-state index in [0.29, 0.717) is 45.4 Å². The number of nitrogens with zero attached hydrogens (tertiary/aromatic N) is 2. The smallest absolute Gasteiger partial charge is 0.249 e. The second-order valence-electron chi connectivity index (χ2n) is 9.61. The molecule has 2 heterocycles. The lowest BCUT2D eigenvalue weighted by Crippen LogP contribution is -2.52. The van der Waals surface area contributed by atoms with Gasteiger partial charge in [-0.3, -0.25) is 14.4 Å². The van der Waals surface area contributed by atoms with Crippen molar-refractivity contribution in [1.29, 1.82) is 0 Å². The zero-order chi connectivity index (χ0) is 23.3. The highest BCUT2D eigenvalue weighted by atomic mass is 16.5. The summed E-state index contributed by atoms with van der Waals surface area (Å²) in [5.41, 5.74) is 0.782. The Morgan fingerprint density at radius 1 is 1.00 bits per heavy atom. The molecule has 2 saturated heterocycles. The standard InChI is InChI=1S/C25H37N3O4/c1-17(2)14-22(29)26-23(20-8-6-5-7-9-20)25(31)27-12-10-21(11-13-27)24(30)28-15-18(3)32-19(4)16-28/h5-9,17-19,21,23H,10-16H2,1-4H3,(H,26,29). The van der Waals surface area contributed by atoms with Crippen LogP contribution in [0.5, 0.6) is 0 Å². The van der Waals surface area contributed by atoms with Crippen LogP contribution in [0.4, 0.5) is 0 Å². The van der Waals surface area contributed by atoms with Crippen molar-refractivity contribution in [2.24, 2.45) is 11.8 Å². The molecule has 1 aromatic carbocycles. The molecule has 3 amide bonds. The number of hydrogen-bond donors (Lipinski definition) is 1. The molecule has 0 bridgehead atoms. The molecule has 3 unspecified atom stereocenters. The molecule has 2 fully saturated rings. The molecular formula is C25H37N3O4. The second kappa shape index (κ2) is 10.9. The van der Waals surface area contributed by atoms with Crippen molar-refractivity contribution in [1.82, 2.24) is 15.1 Å². The lowest BCUT2D eigenvalue weighted by atomic mass is 9.93. The maximum absolute atomic E-state index is 13.4. The van der Waals surface area contributed by atoms with Crippen LogP contribution >= 0.6 is 0 Å². The molecule has 0 aliphatic carbocycles. The first-order chi connectivity index (χ1) is 15.2. The summed E-state index contributed by atoms with van der Waals surface area (Å²) in [6.45, 7) is 10.2. The van der Waals surface area contributed by atoms with Gasteiger partial charge in [0, 0.05) is 38.5 Å². The molecule has 3 rings (SSSR count). The molecule has 0 aromatic heterocycles. The summed E-state index contributed by atoms with van der Waals surface area (Å²) in [5, 5.41) is 2.94. The van der Waals surface area contributed by atoms with Crippen LogP contribution in [0.1, 0.15) is 58.6 Å². The molecule has 2 aliphatic rings. The number of hydrogen-bond acceptors (Lipinski definition) is 4. The van der Waals surface area contributed by atoms with Crippen LogP contribution in [0.2, 0.25) is 0 Å². The van der Waals surface area contributed by atoms with Crippen LogP contribution in [-0.2, 0) is 19.1 Å². The average Bonchev–Trinajstić information content (AvgIpc) is 2.76. The highest BCUT2D eigenvalue weighted by Gasteiger charge is 2.35. The van der Waals surface area contributed by atoms with Gasteiger partial charge in [-0.1, -0.05) is 44.2 Å². The van der Waals surface area contributed by atoms with Gasteiger partial charge in [0.05, 0.1) is 12.2 Å². The van der Waals surface area contributed by atoms with E-state index >= 15 is 0 Å². The van der Waals surface area contributed by atoms with Crippen molar-refractivity contribution in [2.45, 2.75) is 65.2 Å². The number of likely N-dealkylation sites (tertiary alicyclic amines) is 1. The van der Waals surface area contributed by atoms with Crippen molar-refractivity contribution < 1.29 is 19.1 Å². The first-order valence-corrected chi connectivity index (χ1v) is 11.8. The predicted molar refractivity (Wildman–Crippen MR) is 123 cm³/mol. The number of nitrogens with one attached hydrogen (secondary N) is 1. The van der Waals surface area contributed by atoms with E-state index in [-0.39, 0.29) is 41.8 Å².